The van der Waals surface area contributed by atoms with Crippen molar-refractivity contribution in [3.63, 3.8) is 0 Å². The van der Waals surface area contributed by atoms with Gasteiger partial charge >= 0.3 is 5.97 Å². The maximum Gasteiger partial charge on any atom is 0.335 e. The Labute approximate surface area is 114 Å². The molecule has 3 rings (SSSR count). The molecule has 98 valence electrons. The lowest BCUT2D eigenvalue weighted by Crippen LogP contribution is -1.97. The molecule has 1 N–H and O–H groups in total. The van der Waals surface area contributed by atoms with Crippen molar-refractivity contribution in [3.8, 4) is 0 Å². The van der Waals surface area contributed by atoms with Gasteiger partial charge in [-0.1, -0.05) is 36.4 Å². The molecule has 0 atom stereocenters. The first-order valence-electron chi connectivity index (χ1n) is 6.05. The lowest BCUT2D eigenvalue weighted by Gasteiger charge is -1.93. The molecule has 0 unspecified atom stereocenters. The van der Waals surface area contributed by atoms with Gasteiger partial charge in [-0.3, -0.25) is 0 Å². The molecule has 2 aromatic heterocycles. The minimum Gasteiger partial charge on any atom is -0.478 e. The van der Waals surface area contributed by atoms with Crippen molar-refractivity contribution in [3.05, 3.63) is 65.6 Å². The third-order valence-electron chi connectivity index (χ3n) is 2.83. The summed E-state index contributed by atoms with van der Waals surface area (Å²) in [5, 5.41) is 13.2. The van der Waals surface area contributed by atoms with E-state index in [1.807, 2.05) is 36.4 Å². The zero-order valence-electron chi connectivity index (χ0n) is 10.5. The molecule has 0 aliphatic heterocycles. The van der Waals surface area contributed by atoms with Crippen LogP contribution < -0.4 is 0 Å². The van der Waals surface area contributed by atoms with Crippen LogP contribution in [0.4, 0.5) is 0 Å². The number of pyridine rings is 1. The second kappa shape index (κ2) is 4.97. The Morgan fingerprint density at radius 3 is 2.70 bits per heavy atom. The standard InChI is InChI=1S/C15H11N3O2/c19-15(20)12-8-9-18-14(10-12)16-13(17-18)7-6-11-4-2-1-3-5-11/h1-10H,(H,19,20)/b7-6+. The fourth-order valence-corrected chi connectivity index (χ4v) is 1.84. The second-order valence-electron chi connectivity index (χ2n) is 4.24. The lowest BCUT2D eigenvalue weighted by molar-refractivity contribution is 0.0697. The fraction of sp³-hybridized carbons (Fsp3) is 0. The van der Waals surface area contributed by atoms with Crippen molar-refractivity contribution in [2.45, 2.75) is 0 Å². The number of rotatable bonds is 3. The Balaban J connectivity index is 1.93. The van der Waals surface area contributed by atoms with Gasteiger partial charge in [-0.25, -0.2) is 14.3 Å². The number of nitrogens with zero attached hydrogens (tertiary/aromatic N) is 3. The number of hydrogen-bond acceptors (Lipinski definition) is 3. The van der Waals surface area contributed by atoms with E-state index in [2.05, 4.69) is 10.1 Å². The summed E-state index contributed by atoms with van der Waals surface area (Å²) >= 11 is 0. The van der Waals surface area contributed by atoms with Crippen LogP contribution in [-0.4, -0.2) is 25.7 Å². The molecule has 0 amide bonds. The number of fused-ring (bicyclic) bond motifs is 1. The minimum atomic E-state index is -0.975. The van der Waals surface area contributed by atoms with Crippen LogP contribution in [0.2, 0.25) is 0 Å². The van der Waals surface area contributed by atoms with E-state index in [9.17, 15) is 4.79 Å². The van der Waals surface area contributed by atoms with Gasteiger partial charge in [-0.05, 0) is 23.8 Å². The third kappa shape index (κ3) is 2.42. The van der Waals surface area contributed by atoms with Crippen LogP contribution in [0.25, 0.3) is 17.8 Å². The highest BCUT2D eigenvalue weighted by Gasteiger charge is 2.06. The zero-order valence-corrected chi connectivity index (χ0v) is 10.5. The van der Waals surface area contributed by atoms with E-state index in [4.69, 9.17) is 5.11 Å². The molecule has 5 heteroatoms. The Morgan fingerprint density at radius 1 is 1.15 bits per heavy atom. The molecule has 0 fully saturated rings. The van der Waals surface area contributed by atoms with Gasteiger partial charge in [0, 0.05) is 6.20 Å². The number of aromatic carboxylic acids is 1. The molecule has 20 heavy (non-hydrogen) atoms. The molecule has 0 aliphatic rings. The molecular weight excluding hydrogens is 254 g/mol. The molecule has 0 spiro atoms. The third-order valence-corrected chi connectivity index (χ3v) is 2.83. The highest BCUT2D eigenvalue weighted by Crippen LogP contribution is 2.09. The average Bonchev–Trinajstić information content (AvgIpc) is 2.88. The first-order valence-corrected chi connectivity index (χ1v) is 6.05. The summed E-state index contributed by atoms with van der Waals surface area (Å²) in [5.41, 5.74) is 1.76. The summed E-state index contributed by atoms with van der Waals surface area (Å²) in [4.78, 5) is 15.2. The Kier molecular flexibility index (Phi) is 3.01. The fourth-order valence-electron chi connectivity index (χ4n) is 1.84. The number of carbonyl (C=O) groups is 1. The summed E-state index contributed by atoms with van der Waals surface area (Å²) in [6.07, 6.45) is 5.29. The monoisotopic (exact) mass is 265 g/mol. The smallest absolute Gasteiger partial charge is 0.335 e. The van der Waals surface area contributed by atoms with Crippen molar-refractivity contribution in [1.82, 2.24) is 14.6 Å². The summed E-state index contributed by atoms with van der Waals surface area (Å²) in [6, 6.07) is 12.8. The first kappa shape index (κ1) is 12.1. The van der Waals surface area contributed by atoms with Crippen molar-refractivity contribution in [2.24, 2.45) is 0 Å². The van der Waals surface area contributed by atoms with Crippen LogP contribution in [-0.2, 0) is 0 Å². The second-order valence-corrected chi connectivity index (χ2v) is 4.24. The highest BCUT2D eigenvalue weighted by atomic mass is 16.4. The predicted octanol–water partition coefficient (Wildman–Crippen LogP) is 2.60. The molecule has 3 aromatic rings. The average molecular weight is 265 g/mol. The van der Waals surface area contributed by atoms with E-state index in [0.29, 0.717) is 11.5 Å². The molecule has 0 radical (unpaired) electrons. The maximum absolute atomic E-state index is 10.9. The van der Waals surface area contributed by atoms with E-state index in [-0.39, 0.29) is 5.56 Å². The number of benzene rings is 1. The zero-order chi connectivity index (χ0) is 13.9. The van der Waals surface area contributed by atoms with Gasteiger partial charge in [0.1, 0.15) is 0 Å². The quantitative estimate of drug-likeness (QED) is 0.790. The Hall–Kier alpha value is -2.95. The number of aromatic nitrogens is 3. The maximum atomic E-state index is 10.9. The molecule has 0 bridgehead atoms. The number of hydrogen-bond donors (Lipinski definition) is 1. The van der Waals surface area contributed by atoms with E-state index in [1.165, 1.54) is 12.1 Å². The lowest BCUT2D eigenvalue weighted by atomic mass is 10.2. The topological polar surface area (TPSA) is 67.5 Å². The van der Waals surface area contributed by atoms with E-state index >= 15 is 0 Å². The van der Waals surface area contributed by atoms with Gasteiger partial charge in [0.25, 0.3) is 0 Å². The van der Waals surface area contributed by atoms with Crippen LogP contribution in [0.5, 0.6) is 0 Å². The molecule has 0 saturated heterocycles. The SMILES string of the molecule is O=C(O)c1ccn2nc(/C=C/c3ccccc3)nc2c1. The van der Waals surface area contributed by atoms with Crippen molar-refractivity contribution in [1.29, 1.82) is 0 Å². The van der Waals surface area contributed by atoms with Gasteiger partial charge < -0.3 is 5.11 Å². The Morgan fingerprint density at radius 2 is 1.95 bits per heavy atom. The van der Waals surface area contributed by atoms with Gasteiger partial charge in [-0.2, -0.15) is 0 Å². The van der Waals surface area contributed by atoms with Gasteiger partial charge in [0.05, 0.1) is 5.56 Å². The largest absolute Gasteiger partial charge is 0.478 e. The molecule has 0 saturated carbocycles. The highest BCUT2D eigenvalue weighted by molar-refractivity contribution is 5.88. The number of carboxylic acid groups (broad SMARTS) is 1. The van der Waals surface area contributed by atoms with Crippen LogP contribution >= 0.6 is 0 Å². The van der Waals surface area contributed by atoms with E-state index < -0.39 is 5.97 Å². The van der Waals surface area contributed by atoms with Gasteiger partial charge in [-0.15, -0.1) is 5.10 Å². The molecular formula is C15H11N3O2. The number of carboxylic acids is 1. The van der Waals surface area contributed by atoms with Crippen LogP contribution in [0.15, 0.2) is 48.7 Å². The van der Waals surface area contributed by atoms with Crippen molar-refractivity contribution < 1.29 is 9.90 Å². The van der Waals surface area contributed by atoms with Crippen molar-refractivity contribution in [2.75, 3.05) is 0 Å². The van der Waals surface area contributed by atoms with Crippen LogP contribution in [0, 0.1) is 0 Å². The van der Waals surface area contributed by atoms with Gasteiger partial charge in [0.2, 0.25) is 0 Å². The van der Waals surface area contributed by atoms with Crippen LogP contribution in [0.3, 0.4) is 0 Å². The summed E-state index contributed by atoms with van der Waals surface area (Å²) < 4.78 is 1.55. The predicted molar refractivity (Wildman–Crippen MR) is 75.3 cm³/mol. The minimum absolute atomic E-state index is 0.198. The summed E-state index contributed by atoms with van der Waals surface area (Å²) in [5.74, 6) is -0.437. The molecule has 1 aromatic carbocycles. The molecule has 5 nitrogen and oxygen atoms in total. The van der Waals surface area contributed by atoms with Gasteiger partial charge in [0.15, 0.2) is 11.5 Å². The summed E-state index contributed by atoms with van der Waals surface area (Å²) in [6.45, 7) is 0. The van der Waals surface area contributed by atoms with Crippen LogP contribution in [0.1, 0.15) is 21.7 Å². The van der Waals surface area contributed by atoms with E-state index in [1.54, 1.807) is 16.8 Å². The summed E-state index contributed by atoms with van der Waals surface area (Å²) in [7, 11) is 0. The van der Waals surface area contributed by atoms with Crippen molar-refractivity contribution >= 4 is 23.8 Å². The first-order chi connectivity index (χ1) is 9.72. The Bertz CT molecular complexity index is 791. The normalized spacial score (nSPS) is 11.2. The molecule has 0 aliphatic carbocycles. The van der Waals surface area contributed by atoms with E-state index in [0.717, 1.165) is 5.56 Å². The molecule has 2 heterocycles.